The van der Waals surface area contributed by atoms with Crippen molar-refractivity contribution in [3.63, 3.8) is 0 Å². The lowest BCUT2D eigenvalue weighted by atomic mass is 10.2. The molecule has 0 aliphatic rings. The molecule has 0 spiro atoms. The van der Waals surface area contributed by atoms with Crippen LogP contribution in [0.25, 0.3) is 0 Å². The van der Waals surface area contributed by atoms with Crippen LogP contribution in [0.4, 0.5) is 5.69 Å². The fourth-order valence-electron chi connectivity index (χ4n) is 0.832. The largest absolute Gasteiger partial charge is 0.200 e. The van der Waals surface area contributed by atoms with Crippen LogP contribution in [0.5, 0.6) is 0 Å². The molecule has 0 unspecified atom stereocenters. The third-order valence-corrected chi connectivity index (χ3v) is 1.65. The second-order valence-electron chi connectivity index (χ2n) is 2.35. The lowest BCUT2D eigenvalue weighted by molar-refractivity contribution is 0.885. The number of hydrogen-bond donors (Lipinski definition) is 1. The van der Waals surface area contributed by atoms with E-state index in [-0.39, 0.29) is 0 Å². The Hall–Kier alpha value is -1.60. The van der Waals surface area contributed by atoms with Crippen LogP contribution < -0.4 is 5.43 Å². The van der Waals surface area contributed by atoms with Gasteiger partial charge in [-0.05, 0) is 30.7 Å². The smallest absolute Gasteiger partial charge is 0.194 e. The van der Waals surface area contributed by atoms with E-state index >= 15 is 0 Å². The Labute approximate surface area is 80.8 Å². The minimum Gasteiger partial charge on any atom is -0.194 e. The minimum absolute atomic E-state index is 0.657. The topological polar surface area (TPSA) is 60.5 Å². The normalized spacial score (nSPS) is 9.92. The van der Waals surface area contributed by atoms with Crippen molar-refractivity contribution >= 4 is 17.3 Å². The Bertz CT molecular complexity index is 367. The second kappa shape index (κ2) is 4.43. The van der Waals surface area contributed by atoms with Gasteiger partial charge in [0.1, 0.15) is 0 Å². The zero-order valence-corrected chi connectivity index (χ0v) is 7.71. The molecule has 0 heterocycles. The molecule has 13 heavy (non-hydrogen) atoms. The Morgan fingerprint density at radius 2 is 2.31 bits per heavy atom. The molecule has 1 rings (SSSR count). The van der Waals surface area contributed by atoms with E-state index < -0.39 is 0 Å². The van der Waals surface area contributed by atoms with Gasteiger partial charge in [0.05, 0.1) is 5.69 Å². The van der Waals surface area contributed by atoms with Gasteiger partial charge in [0.2, 0.25) is 0 Å². The van der Waals surface area contributed by atoms with Crippen molar-refractivity contribution in [2.45, 2.75) is 6.92 Å². The van der Waals surface area contributed by atoms with Gasteiger partial charge in [-0.2, -0.15) is 10.7 Å². The van der Waals surface area contributed by atoms with Crippen molar-refractivity contribution in [1.82, 2.24) is 5.43 Å². The summed E-state index contributed by atoms with van der Waals surface area (Å²) in [5.74, 6) is 0. The molecular formula is C8H7ClN4. The van der Waals surface area contributed by atoms with Crippen molar-refractivity contribution in [3.05, 3.63) is 28.8 Å². The molecule has 1 aromatic rings. The summed E-state index contributed by atoms with van der Waals surface area (Å²) < 4.78 is 0. The van der Waals surface area contributed by atoms with Crippen LogP contribution in [-0.4, -0.2) is 0 Å². The van der Waals surface area contributed by atoms with Crippen LogP contribution in [0, 0.1) is 18.4 Å². The summed E-state index contributed by atoms with van der Waals surface area (Å²) in [6, 6.07) is 5.23. The zero-order valence-electron chi connectivity index (χ0n) is 6.95. The van der Waals surface area contributed by atoms with Gasteiger partial charge < -0.3 is 0 Å². The SMILES string of the molecule is Cc1cc(Cl)ccc1N=NNC#N. The molecule has 0 bridgehead atoms. The highest BCUT2D eigenvalue weighted by molar-refractivity contribution is 6.30. The van der Waals surface area contributed by atoms with Crippen LogP contribution in [0.1, 0.15) is 5.56 Å². The number of halogens is 1. The minimum atomic E-state index is 0.657. The van der Waals surface area contributed by atoms with E-state index in [1.165, 1.54) is 0 Å². The summed E-state index contributed by atoms with van der Waals surface area (Å²) in [5, 5.41) is 16.0. The zero-order chi connectivity index (χ0) is 9.68. The van der Waals surface area contributed by atoms with E-state index in [0.717, 1.165) is 5.56 Å². The molecule has 0 amide bonds. The second-order valence-corrected chi connectivity index (χ2v) is 2.79. The summed E-state index contributed by atoms with van der Waals surface area (Å²) in [6.07, 6.45) is 1.63. The third-order valence-electron chi connectivity index (χ3n) is 1.42. The lowest BCUT2D eigenvalue weighted by Crippen LogP contribution is -1.89. The van der Waals surface area contributed by atoms with E-state index in [1.807, 2.05) is 6.92 Å². The fourth-order valence-corrected chi connectivity index (χ4v) is 1.06. The average molecular weight is 195 g/mol. The van der Waals surface area contributed by atoms with Crippen LogP contribution in [-0.2, 0) is 0 Å². The van der Waals surface area contributed by atoms with Crippen molar-refractivity contribution in [3.8, 4) is 6.19 Å². The Balaban J connectivity index is 2.85. The van der Waals surface area contributed by atoms with Crippen LogP contribution in [0.3, 0.4) is 0 Å². The number of nitriles is 1. The Kier molecular flexibility index (Phi) is 3.23. The highest BCUT2D eigenvalue weighted by atomic mass is 35.5. The quantitative estimate of drug-likeness (QED) is 0.341. The molecule has 0 aliphatic carbocycles. The summed E-state index contributed by atoms with van der Waals surface area (Å²) in [6.45, 7) is 1.87. The van der Waals surface area contributed by atoms with Crippen molar-refractivity contribution < 1.29 is 0 Å². The first-order chi connectivity index (χ1) is 6.24. The molecule has 5 heteroatoms. The molecule has 0 radical (unpaired) electrons. The average Bonchev–Trinajstić information content (AvgIpc) is 2.09. The van der Waals surface area contributed by atoms with Gasteiger partial charge in [-0.15, -0.1) is 5.11 Å². The van der Waals surface area contributed by atoms with Gasteiger partial charge in [0, 0.05) is 5.02 Å². The highest BCUT2D eigenvalue weighted by Gasteiger charge is 1.96. The highest BCUT2D eigenvalue weighted by Crippen LogP contribution is 2.22. The number of nitrogens with one attached hydrogen (secondary N) is 1. The predicted molar refractivity (Wildman–Crippen MR) is 49.5 cm³/mol. The molecule has 1 aromatic carbocycles. The van der Waals surface area contributed by atoms with Gasteiger partial charge >= 0.3 is 0 Å². The first-order valence-corrected chi connectivity index (χ1v) is 3.93. The summed E-state index contributed by atoms with van der Waals surface area (Å²) >= 11 is 5.74. The molecule has 4 nitrogen and oxygen atoms in total. The summed E-state index contributed by atoms with van der Waals surface area (Å²) in [4.78, 5) is 0. The maximum Gasteiger partial charge on any atom is 0.200 e. The number of aryl methyl sites for hydroxylation is 1. The monoisotopic (exact) mass is 194 g/mol. The van der Waals surface area contributed by atoms with E-state index in [2.05, 4.69) is 15.8 Å². The van der Waals surface area contributed by atoms with E-state index in [4.69, 9.17) is 16.9 Å². The number of hydrogen-bond acceptors (Lipinski definition) is 3. The van der Waals surface area contributed by atoms with Gasteiger partial charge in [-0.3, -0.25) is 0 Å². The van der Waals surface area contributed by atoms with Gasteiger partial charge in [0.25, 0.3) is 0 Å². The third kappa shape index (κ3) is 2.73. The molecule has 0 saturated heterocycles. The lowest BCUT2D eigenvalue weighted by Gasteiger charge is -1.97. The number of nitrogens with zero attached hydrogens (tertiary/aromatic N) is 3. The molecule has 0 saturated carbocycles. The van der Waals surface area contributed by atoms with Crippen molar-refractivity contribution in [2.75, 3.05) is 0 Å². The molecular weight excluding hydrogens is 188 g/mol. The molecule has 1 N–H and O–H groups in total. The van der Waals surface area contributed by atoms with E-state index in [1.54, 1.807) is 24.4 Å². The van der Waals surface area contributed by atoms with E-state index in [9.17, 15) is 0 Å². The van der Waals surface area contributed by atoms with Gasteiger partial charge in [-0.1, -0.05) is 16.8 Å². The molecule has 0 aromatic heterocycles. The first-order valence-electron chi connectivity index (χ1n) is 3.55. The maximum atomic E-state index is 8.12. The van der Waals surface area contributed by atoms with Gasteiger partial charge in [0.15, 0.2) is 6.19 Å². The molecule has 66 valence electrons. The standard InChI is InChI=1S/C8H7ClN4/c1-6-4-7(9)2-3-8(6)12-13-11-5-10/h2-4H,1H3,(H,11,12). The molecule has 0 atom stereocenters. The maximum absolute atomic E-state index is 8.12. The number of benzene rings is 1. The van der Waals surface area contributed by atoms with Gasteiger partial charge in [-0.25, -0.2) is 0 Å². The predicted octanol–water partition coefficient (Wildman–Crippen LogP) is 2.72. The van der Waals surface area contributed by atoms with Crippen LogP contribution in [0.15, 0.2) is 28.5 Å². The van der Waals surface area contributed by atoms with Crippen molar-refractivity contribution in [2.24, 2.45) is 10.3 Å². The summed E-state index contributed by atoms with van der Waals surface area (Å²) in [7, 11) is 0. The summed E-state index contributed by atoms with van der Waals surface area (Å²) in [5.41, 5.74) is 3.67. The molecule has 0 aliphatic heterocycles. The Morgan fingerprint density at radius 1 is 1.54 bits per heavy atom. The first kappa shape index (κ1) is 9.49. The van der Waals surface area contributed by atoms with Crippen LogP contribution >= 0.6 is 11.6 Å². The number of rotatable bonds is 2. The Morgan fingerprint density at radius 3 is 2.92 bits per heavy atom. The van der Waals surface area contributed by atoms with E-state index in [0.29, 0.717) is 10.7 Å². The fraction of sp³-hybridized carbons (Fsp3) is 0.125. The van der Waals surface area contributed by atoms with Crippen LogP contribution in [0.2, 0.25) is 5.02 Å². The van der Waals surface area contributed by atoms with Crippen molar-refractivity contribution in [1.29, 1.82) is 5.26 Å². The molecule has 0 fully saturated rings.